The minimum atomic E-state index is 0.640. The molecular weight excluding hydrogens is 218 g/mol. The van der Waals surface area contributed by atoms with Gasteiger partial charge in [-0.2, -0.15) is 0 Å². The Kier molecular flexibility index (Phi) is 3.58. The molecule has 1 saturated carbocycles. The molecule has 98 valence electrons. The van der Waals surface area contributed by atoms with Gasteiger partial charge in [0.2, 0.25) is 0 Å². The summed E-state index contributed by atoms with van der Waals surface area (Å²) in [4.78, 5) is 0. The first-order valence-electron chi connectivity index (χ1n) is 7.72. The molecule has 1 unspecified atom stereocenters. The molecule has 0 amide bonds. The lowest BCUT2D eigenvalue weighted by Crippen LogP contribution is -2.25. The van der Waals surface area contributed by atoms with Crippen LogP contribution < -0.4 is 5.32 Å². The zero-order chi connectivity index (χ0) is 12.4. The van der Waals surface area contributed by atoms with E-state index >= 15 is 0 Å². The zero-order valence-corrected chi connectivity index (χ0v) is 11.5. The van der Waals surface area contributed by atoms with Gasteiger partial charge < -0.3 is 5.32 Å². The number of hydrogen-bond donors (Lipinski definition) is 1. The van der Waals surface area contributed by atoms with Gasteiger partial charge in [-0.05, 0) is 68.6 Å². The highest BCUT2D eigenvalue weighted by Crippen LogP contribution is 2.32. The van der Waals surface area contributed by atoms with E-state index in [4.69, 9.17) is 0 Å². The van der Waals surface area contributed by atoms with E-state index < -0.39 is 0 Å². The fourth-order valence-electron chi connectivity index (χ4n) is 3.74. The number of nitrogens with one attached hydrogen (secondary N) is 1. The molecule has 0 saturated heterocycles. The molecule has 3 rings (SSSR count). The number of aryl methyl sites for hydroxylation is 1. The lowest BCUT2D eigenvalue weighted by molar-refractivity contribution is 0.481. The van der Waals surface area contributed by atoms with Gasteiger partial charge in [-0.1, -0.05) is 25.0 Å². The van der Waals surface area contributed by atoms with Crippen LogP contribution in [0.15, 0.2) is 18.2 Å². The molecule has 0 radical (unpaired) electrons. The number of benzene rings is 1. The molecule has 1 atom stereocenters. The molecule has 1 heteroatoms. The Morgan fingerprint density at radius 2 is 1.83 bits per heavy atom. The summed E-state index contributed by atoms with van der Waals surface area (Å²) in [7, 11) is 0. The lowest BCUT2D eigenvalue weighted by atomic mass is 9.90. The molecule has 1 aromatic carbocycles. The Bertz CT molecular complexity index is 404. The van der Waals surface area contributed by atoms with Crippen LogP contribution in [0.1, 0.15) is 56.6 Å². The van der Waals surface area contributed by atoms with Crippen LogP contribution in [0.4, 0.5) is 5.69 Å². The Labute approximate surface area is 111 Å². The highest BCUT2D eigenvalue weighted by atomic mass is 14.9. The van der Waals surface area contributed by atoms with Crippen LogP contribution in [0.2, 0.25) is 0 Å². The maximum Gasteiger partial charge on any atom is 0.0377 e. The molecule has 0 bridgehead atoms. The predicted molar refractivity (Wildman–Crippen MR) is 78.1 cm³/mol. The van der Waals surface area contributed by atoms with Gasteiger partial charge in [0.05, 0.1) is 0 Å². The average Bonchev–Trinajstić information content (AvgIpc) is 2.93. The van der Waals surface area contributed by atoms with E-state index in [9.17, 15) is 0 Å². The summed E-state index contributed by atoms with van der Waals surface area (Å²) in [6, 6.07) is 7.48. The minimum absolute atomic E-state index is 0.640. The van der Waals surface area contributed by atoms with Crippen LogP contribution in [0.3, 0.4) is 0 Å². The SMILES string of the molecule is CC(Nc1cccc2c1CCCC2)C1CCCC1. The smallest absolute Gasteiger partial charge is 0.0377 e. The maximum atomic E-state index is 3.81. The normalized spacial score (nSPS) is 21.6. The van der Waals surface area contributed by atoms with Gasteiger partial charge in [-0.25, -0.2) is 0 Å². The Morgan fingerprint density at radius 1 is 1.06 bits per heavy atom. The average molecular weight is 243 g/mol. The van der Waals surface area contributed by atoms with Crippen molar-refractivity contribution < 1.29 is 0 Å². The summed E-state index contributed by atoms with van der Waals surface area (Å²) in [5.41, 5.74) is 4.62. The summed E-state index contributed by atoms with van der Waals surface area (Å²) in [5, 5.41) is 3.81. The van der Waals surface area contributed by atoms with E-state index in [1.54, 1.807) is 11.1 Å². The number of fused-ring (bicyclic) bond motifs is 1. The topological polar surface area (TPSA) is 12.0 Å². The van der Waals surface area contributed by atoms with Crippen molar-refractivity contribution in [3.63, 3.8) is 0 Å². The quantitative estimate of drug-likeness (QED) is 0.821. The lowest BCUT2D eigenvalue weighted by Gasteiger charge is -2.26. The molecule has 1 aromatic rings. The van der Waals surface area contributed by atoms with Crippen LogP contribution in [-0.4, -0.2) is 6.04 Å². The third-order valence-electron chi connectivity index (χ3n) is 4.89. The third kappa shape index (κ3) is 2.41. The van der Waals surface area contributed by atoms with Crippen molar-refractivity contribution in [1.29, 1.82) is 0 Å². The third-order valence-corrected chi connectivity index (χ3v) is 4.89. The van der Waals surface area contributed by atoms with Gasteiger partial charge in [0.15, 0.2) is 0 Å². The van der Waals surface area contributed by atoms with E-state index in [0.29, 0.717) is 6.04 Å². The fourth-order valence-corrected chi connectivity index (χ4v) is 3.74. The van der Waals surface area contributed by atoms with E-state index in [2.05, 4.69) is 30.4 Å². The van der Waals surface area contributed by atoms with Crippen molar-refractivity contribution in [3.8, 4) is 0 Å². The maximum absolute atomic E-state index is 3.81. The van der Waals surface area contributed by atoms with Gasteiger partial charge >= 0.3 is 0 Å². The Balaban J connectivity index is 1.75. The molecule has 2 aliphatic rings. The van der Waals surface area contributed by atoms with Crippen LogP contribution in [0, 0.1) is 5.92 Å². The number of rotatable bonds is 3. The standard InChI is InChI=1S/C17H25N/c1-13(14-7-2-3-8-14)18-17-12-6-10-15-9-4-5-11-16(15)17/h6,10,12-14,18H,2-5,7-9,11H2,1H3. The summed E-state index contributed by atoms with van der Waals surface area (Å²) in [6.07, 6.45) is 11.0. The second-order valence-electron chi connectivity index (χ2n) is 6.13. The molecule has 1 fully saturated rings. The van der Waals surface area contributed by atoms with Crippen molar-refractivity contribution >= 4 is 5.69 Å². The second kappa shape index (κ2) is 5.34. The summed E-state index contributed by atoms with van der Waals surface area (Å²) in [6.45, 7) is 2.37. The van der Waals surface area contributed by atoms with E-state index in [1.807, 2.05) is 0 Å². The molecule has 18 heavy (non-hydrogen) atoms. The molecule has 0 spiro atoms. The number of anilines is 1. The van der Waals surface area contributed by atoms with Crippen molar-refractivity contribution in [1.82, 2.24) is 0 Å². The van der Waals surface area contributed by atoms with Crippen LogP contribution >= 0.6 is 0 Å². The van der Waals surface area contributed by atoms with Gasteiger partial charge in [0.1, 0.15) is 0 Å². The van der Waals surface area contributed by atoms with Crippen molar-refractivity contribution in [2.75, 3.05) is 5.32 Å². The number of hydrogen-bond acceptors (Lipinski definition) is 1. The fraction of sp³-hybridized carbons (Fsp3) is 0.647. The van der Waals surface area contributed by atoms with E-state index in [-0.39, 0.29) is 0 Å². The molecule has 0 aromatic heterocycles. The minimum Gasteiger partial charge on any atom is -0.382 e. The van der Waals surface area contributed by atoms with E-state index in [0.717, 1.165) is 5.92 Å². The largest absolute Gasteiger partial charge is 0.382 e. The van der Waals surface area contributed by atoms with Gasteiger partial charge in [-0.15, -0.1) is 0 Å². The van der Waals surface area contributed by atoms with Crippen LogP contribution in [0.5, 0.6) is 0 Å². The Morgan fingerprint density at radius 3 is 2.67 bits per heavy atom. The second-order valence-corrected chi connectivity index (χ2v) is 6.13. The van der Waals surface area contributed by atoms with Crippen molar-refractivity contribution in [3.05, 3.63) is 29.3 Å². The van der Waals surface area contributed by atoms with Crippen molar-refractivity contribution in [2.24, 2.45) is 5.92 Å². The monoisotopic (exact) mass is 243 g/mol. The summed E-state index contributed by atoms with van der Waals surface area (Å²) in [5.74, 6) is 0.893. The van der Waals surface area contributed by atoms with Crippen LogP contribution in [0.25, 0.3) is 0 Å². The molecule has 2 aliphatic carbocycles. The Hall–Kier alpha value is -0.980. The first-order chi connectivity index (χ1) is 8.84. The molecule has 1 nitrogen and oxygen atoms in total. The van der Waals surface area contributed by atoms with Gasteiger partial charge in [-0.3, -0.25) is 0 Å². The first kappa shape index (κ1) is 12.1. The molecule has 0 aliphatic heterocycles. The molecule has 0 heterocycles. The molecule has 1 N–H and O–H groups in total. The van der Waals surface area contributed by atoms with Crippen molar-refractivity contribution in [2.45, 2.75) is 64.3 Å². The highest BCUT2D eigenvalue weighted by Gasteiger charge is 2.22. The zero-order valence-electron chi connectivity index (χ0n) is 11.5. The predicted octanol–water partition coefficient (Wildman–Crippen LogP) is 4.56. The first-order valence-corrected chi connectivity index (χ1v) is 7.72. The van der Waals surface area contributed by atoms with E-state index in [1.165, 1.54) is 57.1 Å². The van der Waals surface area contributed by atoms with Gasteiger partial charge in [0, 0.05) is 11.7 Å². The summed E-state index contributed by atoms with van der Waals surface area (Å²) < 4.78 is 0. The summed E-state index contributed by atoms with van der Waals surface area (Å²) >= 11 is 0. The highest BCUT2D eigenvalue weighted by molar-refractivity contribution is 5.56. The van der Waals surface area contributed by atoms with Gasteiger partial charge in [0.25, 0.3) is 0 Å². The van der Waals surface area contributed by atoms with Crippen LogP contribution in [-0.2, 0) is 12.8 Å². The molecular formula is C17H25N.